The molecule has 2 rings (SSSR count). The van der Waals surface area contributed by atoms with Crippen molar-refractivity contribution in [1.82, 2.24) is 4.90 Å². The second-order valence-corrected chi connectivity index (χ2v) is 6.13. The third-order valence-electron chi connectivity index (χ3n) is 3.63. The molecule has 0 bridgehead atoms. The number of rotatable bonds is 4. The molecule has 0 aliphatic carbocycles. The number of anilines is 1. The minimum absolute atomic E-state index is 0.683. The first-order chi connectivity index (χ1) is 8.56. The number of likely N-dealkylation sites (N-methyl/N-ethyl adjacent to an activating group) is 1. The van der Waals surface area contributed by atoms with Crippen LogP contribution in [0, 0.1) is 5.92 Å². The zero-order chi connectivity index (χ0) is 13.1. The number of hydrogen-bond donors (Lipinski definition) is 0. The summed E-state index contributed by atoms with van der Waals surface area (Å²) in [6, 6.07) is 8.87. The molecule has 1 heterocycles. The molecule has 0 saturated carbocycles. The number of hydrogen-bond acceptors (Lipinski definition) is 2. The first-order valence-corrected chi connectivity index (χ1v) is 7.15. The summed E-state index contributed by atoms with van der Waals surface area (Å²) in [6.07, 6.45) is 1.26. The van der Waals surface area contributed by atoms with Gasteiger partial charge in [0.05, 0.1) is 0 Å². The molecule has 1 fully saturated rings. The molecule has 1 aromatic rings. The molecule has 100 valence electrons. The van der Waals surface area contributed by atoms with Gasteiger partial charge in [-0.05, 0) is 43.7 Å². The van der Waals surface area contributed by atoms with Gasteiger partial charge >= 0.3 is 0 Å². The van der Waals surface area contributed by atoms with E-state index in [9.17, 15) is 0 Å². The SMILES string of the molecule is CC(C)CN(C)C1CCN(c2ccc(Cl)cc2)C1. The first kappa shape index (κ1) is 13.7. The fourth-order valence-electron chi connectivity index (χ4n) is 2.71. The summed E-state index contributed by atoms with van der Waals surface area (Å²) in [7, 11) is 2.25. The molecule has 1 aliphatic rings. The van der Waals surface area contributed by atoms with Crippen LogP contribution >= 0.6 is 11.6 Å². The Labute approximate surface area is 116 Å². The van der Waals surface area contributed by atoms with Crippen LogP contribution < -0.4 is 4.90 Å². The smallest absolute Gasteiger partial charge is 0.0407 e. The van der Waals surface area contributed by atoms with Crippen molar-refractivity contribution in [2.45, 2.75) is 26.3 Å². The van der Waals surface area contributed by atoms with E-state index in [1.165, 1.54) is 18.7 Å². The van der Waals surface area contributed by atoms with Crippen LogP contribution in [0.3, 0.4) is 0 Å². The lowest BCUT2D eigenvalue weighted by Gasteiger charge is -2.26. The summed E-state index contributed by atoms with van der Waals surface area (Å²) in [5.74, 6) is 0.736. The Bertz CT molecular complexity index is 375. The monoisotopic (exact) mass is 266 g/mol. The number of nitrogens with zero attached hydrogens (tertiary/aromatic N) is 2. The van der Waals surface area contributed by atoms with Crippen molar-refractivity contribution in [3.05, 3.63) is 29.3 Å². The summed E-state index contributed by atoms with van der Waals surface area (Å²) >= 11 is 5.93. The van der Waals surface area contributed by atoms with Crippen LogP contribution in [0.4, 0.5) is 5.69 Å². The van der Waals surface area contributed by atoms with Crippen LogP contribution in [0.25, 0.3) is 0 Å². The lowest BCUT2D eigenvalue weighted by Crippen LogP contribution is -2.36. The van der Waals surface area contributed by atoms with Crippen molar-refractivity contribution in [1.29, 1.82) is 0 Å². The third kappa shape index (κ3) is 3.39. The molecule has 1 atom stereocenters. The average molecular weight is 267 g/mol. The van der Waals surface area contributed by atoms with Crippen LogP contribution in [0.1, 0.15) is 20.3 Å². The minimum atomic E-state index is 0.683. The standard InChI is InChI=1S/C15H23ClN2/c1-12(2)10-17(3)15-8-9-18(11-15)14-6-4-13(16)5-7-14/h4-7,12,15H,8-11H2,1-3H3. The molecule has 1 unspecified atom stereocenters. The third-order valence-corrected chi connectivity index (χ3v) is 3.88. The fourth-order valence-corrected chi connectivity index (χ4v) is 2.84. The number of halogens is 1. The highest BCUT2D eigenvalue weighted by atomic mass is 35.5. The molecule has 0 radical (unpaired) electrons. The van der Waals surface area contributed by atoms with Crippen LogP contribution in [-0.4, -0.2) is 37.6 Å². The summed E-state index contributed by atoms with van der Waals surface area (Å²) in [5, 5.41) is 0.812. The first-order valence-electron chi connectivity index (χ1n) is 6.77. The van der Waals surface area contributed by atoms with Gasteiger partial charge in [-0.1, -0.05) is 25.4 Å². The van der Waals surface area contributed by atoms with Crippen LogP contribution in [0.5, 0.6) is 0 Å². The quantitative estimate of drug-likeness (QED) is 0.823. The molecule has 0 N–H and O–H groups in total. The lowest BCUT2D eigenvalue weighted by atomic mass is 10.1. The van der Waals surface area contributed by atoms with E-state index in [-0.39, 0.29) is 0 Å². The maximum atomic E-state index is 5.93. The van der Waals surface area contributed by atoms with E-state index in [0.717, 1.165) is 24.0 Å². The second-order valence-electron chi connectivity index (χ2n) is 5.70. The van der Waals surface area contributed by atoms with Crippen molar-refractivity contribution >= 4 is 17.3 Å². The van der Waals surface area contributed by atoms with E-state index in [0.29, 0.717) is 6.04 Å². The highest BCUT2D eigenvalue weighted by Gasteiger charge is 2.25. The Balaban J connectivity index is 1.93. The van der Waals surface area contributed by atoms with Gasteiger partial charge in [-0.25, -0.2) is 0 Å². The Hall–Kier alpha value is -0.730. The van der Waals surface area contributed by atoms with Crippen molar-refractivity contribution in [2.75, 3.05) is 31.6 Å². The summed E-state index contributed by atoms with van der Waals surface area (Å²) in [4.78, 5) is 4.96. The highest BCUT2D eigenvalue weighted by Crippen LogP contribution is 2.24. The fraction of sp³-hybridized carbons (Fsp3) is 0.600. The summed E-state index contributed by atoms with van der Waals surface area (Å²) < 4.78 is 0. The Kier molecular flexibility index (Phi) is 4.52. The van der Waals surface area contributed by atoms with E-state index >= 15 is 0 Å². The zero-order valence-electron chi connectivity index (χ0n) is 11.6. The second kappa shape index (κ2) is 5.94. The molecule has 1 aliphatic heterocycles. The van der Waals surface area contributed by atoms with E-state index in [1.54, 1.807) is 0 Å². The molecule has 0 aromatic heterocycles. The molecular weight excluding hydrogens is 244 g/mol. The predicted molar refractivity (Wildman–Crippen MR) is 79.5 cm³/mol. The summed E-state index contributed by atoms with van der Waals surface area (Å²) in [5.41, 5.74) is 1.29. The number of benzene rings is 1. The van der Waals surface area contributed by atoms with Crippen LogP contribution in [-0.2, 0) is 0 Å². The maximum absolute atomic E-state index is 5.93. The van der Waals surface area contributed by atoms with Gasteiger partial charge in [-0.15, -0.1) is 0 Å². The van der Waals surface area contributed by atoms with Gasteiger partial charge in [-0.3, -0.25) is 0 Å². The van der Waals surface area contributed by atoms with Gasteiger partial charge in [0, 0.05) is 36.4 Å². The van der Waals surface area contributed by atoms with Crippen LogP contribution in [0.15, 0.2) is 24.3 Å². The molecule has 1 aromatic carbocycles. The van der Waals surface area contributed by atoms with Crippen molar-refractivity contribution in [2.24, 2.45) is 5.92 Å². The molecule has 0 amide bonds. The van der Waals surface area contributed by atoms with Gasteiger partial charge in [0.25, 0.3) is 0 Å². The summed E-state index contributed by atoms with van der Waals surface area (Å²) in [6.45, 7) is 8.02. The predicted octanol–water partition coefficient (Wildman–Crippen LogP) is 3.51. The molecule has 2 nitrogen and oxygen atoms in total. The molecule has 1 saturated heterocycles. The Morgan fingerprint density at radius 2 is 2.00 bits per heavy atom. The van der Waals surface area contributed by atoms with Gasteiger partial charge in [0.2, 0.25) is 0 Å². The minimum Gasteiger partial charge on any atom is -0.370 e. The highest BCUT2D eigenvalue weighted by molar-refractivity contribution is 6.30. The Morgan fingerprint density at radius 1 is 1.33 bits per heavy atom. The molecule has 18 heavy (non-hydrogen) atoms. The lowest BCUT2D eigenvalue weighted by molar-refractivity contribution is 0.231. The normalized spacial score (nSPS) is 20.1. The van der Waals surface area contributed by atoms with Gasteiger partial charge in [-0.2, -0.15) is 0 Å². The topological polar surface area (TPSA) is 6.48 Å². The maximum Gasteiger partial charge on any atom is 0.0407 e. The van der Waals surface area contributed by atoms with E-state index in [2.05, 4.69) is 42.8 Å². The molecular formula is C15H23ClN2. The Morgan fingerprint density at radius 3 is 2.61 bits per heavy atom. The van der Waals surface area contributed by atoms with Gasteiger partial charge in [0.1, 0.15) is 0 Å². The van der Waals surface area contributed by atoms with Crippen molar-refractivity contribution < 1.29 is 0 Å². The van der Waals surface area contributed by atoms with Crippen molar-refractivity contribution in [3.63, 3.8) is 0 Å². The molecule has 0 spiro atoms. The van der Waals surface area contributed by atoms with Gasteiger partial charge in [0.15, 0.2) is 0 Å². The van der Waals surface area contributed by atoms with Crippen molar-refractivity contribution in [3.8, 4) is 0 Å². The van der Waals surface area contributed by atoms with E-state index in [1.807, 2.05) is 12.1 Å². The zero-order valence-corrected chi connectivity index (χ0v) is 12.3. The van der Waals surface area contributed by atoms with E-state index in [4.69, 9.17) is 11.6 Å². The van der Waals surface area contributed by atoms with Gasteiger partial charge < -0.3 is 9.80 Å². The van der Waals surface area contributed by atoms with E-state index < -0.39 is 0 Å². The largest absolute Gasteiger partial charge is 0.370 e. The van der Waals surface area contributed by atoms with Crippen LogP contribution in [0.2, 0.25) is 5.02 Å². The molecule has 3 heteroatoms. The average Bonchev–Trinajstić information content (AvgIpc) is 2.78.